The second-order valence-electron chi connectivity index (χ2n) is 15.3. The third kappa shape index (κ3) is 7.79. The number of hydrogen-bond acceptors (Lipinski definition) is 1. The van der Waals surface area contributed by atoms with E-state index in [0.717, 1.165) is 61.1 Å². The molecule has 0 saturated carbocycles. The monoisotopic (exact) mass is 911 g/mol. The molecule has 0 spiro atoms. The molecule has 0 aliphatic heterocycles. The molecule has 0 amide bonds. The molecule has 0 unspecified atom stereocenters. The van der Waals surface area contributed by atoms with Crippen molar-refractivity contribution in [3.05, 3.63) is 166 Å². The molecule has 7 aromatic rings. The molecular weight excluding hydrogens is 861 g/mol. The molecule has 51 heavy (non-hydrogen) atoms. The van der Waals surface area contributed by atoms with Crippen molar-refractivity contribution in [1.29, 1.82) is 0 Å². The van der Waals surface area contributed by atoms with Crippen molar-refractivity contribution in [2.24, 2.45) is 0 Å². The van der Waals surface area contributed by atoms with Crippen LogP contribution in [0.3, 0.4) is 0 Å². The third-order valence-electron chi connectivity index (χ3n) is 9.47. The predicted molar refractivity (Wildman–Crippen MR) is 214 cm³/mol. The van der Waals surface area contributed by atoms with Crippen LogP contribution >= 0.6 is 0 Å². The van der Waals surface area contributed by atoms with E-state index in [4.69, 9.17) is 4.42 Å². The van der Waals surface area contributed by atoms with Gasteiger partial charge in [-0.05, 0) is 28.7 Å². The first-order chi connectivity index (χ1) is 23.6. The van der Waals surface area contributed by atoms with Gasteiger partial charge in [0.25, 0.3) is 0 Å². The molecule has 0 bridgehead atoms. The Hall–Kier alpha value is -4.35. The molecule has 4 aromatic carbocycles. The number of pyridine rings is 2. The average Bonchev–Trinajstić information content (AvgIpc) is 3.44. The van der Waals surface area contributed by atoms with Crippen LogP contribution in [0.25, 0.3) is 55.6 Å². The Morgan fingerprint density at radius 1 is 0.667 bits per heavy atom. The predicted octanol–water partition coefficient (Wildman–Crippen LogP) is 10.6. The molecule has 7 rings (SSSR count). The van der Waals surface area contributed by atoms with Crippen LogP contribution in [-0.2, 0) is 25.5 Å². The van der Waals surface area contributed by atoms with Gasteiger partial charge in [-0.3, -0.25) is 0 Å². The summed E-state index contributed by atoms with van der Waals surface area (Å²) in [5, 5.41) is 2.21. The normalized spacial score (nSPS) is 11.6. The van der Waals surface area contributed by atoms with E-state index < -0.39 is 13.3 Å². The van der Waals surface area contributed by atoms with Gasteiger partial charge < -0.3 is 8.98 Å². The Bertz CT molecular complexity index is 2340. The zero-order chi connectivity index (χ0) is 36.0. The first-order valence-corrected chi connectivity index (χ1v) is 24.5. The van der Waals surface area contributed by atoms with Crippen molar-refractivity contribution < 1.29 is 33.7 Å². The quantitative estimate of drug-likeness (QED) is 0.0979. The summed E-state index contributed by atoms with van der Waals surface area (Å²) in [6, 6.07) is 35.8. The summed E-state index contributed by atoms with van der Waals surface area (Å²) in [6.45, 7) is 17.3. The number of nitrogens with zero attached hydrogens (tertiary/aromatic N) is 2. The van der Waals surface area contributed by atoms with Crippen molar-refractivity contribution in [3.63, 3.8) is 0 Å². The zero-order valence-electron chi connectivity index (χ0n) is 30.9. The van der Waals surface area contributed by atoms with Gasteiger partial charge in [-0.1, -0.05) is 80.4 Å². The first-order valence-electron chi connectivity index (χ1n) is 17.2. The molecule has 1 radical (unpaired) electrons. The molecule has 0 saturated heterocycles. The maximum absolute atomic E-state index is 6.48. The van der Waals surface area contributed by atoms with E-state index >= 15 is 0 Å². The Morgan fingerprint density at radius 3 is 2.00 bits per heavy atom. The molecule has 0 atom stereocenters. The van der Waals surface area contributed by atoms with Gasteiger partial charge in [0.2, 0.25) is 0 Å². The van der Waals surface area contributed by atoms with E-state index in [0.29, 0.717) is 0 Å². The topological polar surface area (TPSA) is 20.9 Å². The summed E-state index contributed by atoms with van der Waals surface area (Å²) in [4.78, 5) is 0. The minimum Gasteiger partial charge on any atom is 0 e. The Balaban J connectivity index is 0.000000218. The van der Waals surface area contributed by atoms with Gasteiger partial charge in [-0.25, -0.2) is 0 Å². The van der Waals surface area contributed by atoms with Crippen LogP contribution in [-0.4, -0.2) is 13.3 Å². The zero-order valence-corrected chi connectivity index (χ0v) is 35.4. The van der Waals surface area contributed by atoms with Gasteiger partial charge in [0.15, 0.2) is 0 Å². The smallest absolute Gasteiger partial charge is 0 e. The fourth-order valence-corrected chi connectivity index (χ4v) is 10.4. The van der Waals surface area contributed by atoms with Crippen LogP contribution in [0, 0.1) is 34.9 Å². The van der Waals surface area contributed by atoms with Crippen LogP contribution < -0.4 is 13.5 Å². The summed E-state index contributed by atoms with van der Waals surface area (Å²) < 4.78 is 11.9. The minimum atomic E-state index is -1.83. The summed E-state index contributed by atoms with van der Waals surface area (Å²) in [5.41, 5.74) is 13.0. The van der Waals surface area contributed by atoms with Crippen molar-refractivity contribution in [2.45, 2.75) is 50.4 Å². The fraction of sp³-hybridized carbons (Fsp3) is 0.174. The number of benzene rings is 4. The van der Waals surface area contributed by atoms with E-state index in [1.807, 2.05) is 33.5 Å². The molecule has 3 nitrogen and oxygen atoms in total. The molecule has 0 aliphatic rings. The second kappa shape index (κ2) is 14.7. The molecule has 3 aromatic heterocycles. The number of fused-ring (bicyclic) bond motifs is 3. The van der Waals surface area contributed by atoms with Gasteiger partial charge in [-0.15, -0.1) is 6.07 Å². The van der Waals surface area contributed by atoms with E-state index in [1.54, 1.807) is 0 Å². The molecule has 0 fully saturated rings. The molecule has 263 valence electrons. The van der Waals surface area contributed by atoms with Crippen molar-refractivity contribution in [1.82, 2.24) is 0 Å². The van der Waals surface area contributed by atoms with E-state index in [-0.39, 0.29) is 25.5 Å². The summed E-state index contributed by atoms with van der Waals surface area (Å²) in [7, 11) is 8.40. The maximum Gasteiger partial charge on any atom is 0 e. The third-order valence-corrected chi connectivity index (χ3v) is 14.0. The van der Waals surface area contributed by atoms with E-state index in [9.17, 15) is 0 Å². The average molecular weight is 910 g/mol. The van der Waals surface area contributed by atoms with Crippen molar-refractivity contribution in [2.75, 3.05) is 0 Å². The van der Waals surface area contributed by atoms with Crippen LogP contribution in [0.4, 0.5) is 0 Å². The minimum absolute atomic E-state index is 0. The maximum atomic E-state index is 6.48. The largest absolute Gasteiger partial charge is 0 e. The summed E-state index contributed by atoms with van der Waals surface area (Å²) in [5.74, 6) is 7.24. The first kappa shape index (κ1) is 37.9. The molecule has 3 heterocycles. The van der Waals surface area contributed by atoms with Crippen molar-refractivity contribution >= 4 is 39.6 Å². The Kier molecular flexibility index (Phi) is 10.9. The Labute approximate surface area is 321 Å². The van der Waals surface area contributed by atoms with Crippen LogP contribution in [0.15, 0.2) is 120 Å². The Morgan fingerprint density at radius 2 is 1.33 bits per heavy atom. The summed E-state index contributed by atoms with van der Waals surface area (Å²) >= 11 is -1.83. The molecule has 0 aliphatic carbocycles. The number of aryl methyl sites for hydroxylation is 1. The number of hydrogen-bond donors (Lipinski definition) is 0. The van der Waals surface area contributed by atoms with Gasteiger partial charge >= 0.3 is 119 Å². The number of furan rings is 1. The number of rotatable bonds is 4. The van der Waals surface area contributed by atoms with Gasteiger partial charge in [0, 0.05) is 37.9 Å². The van der Waals surface area contributed by atoms with Crippen molar-refractivity contribution in [3.8, 4) is 33.6 Å². The number of aromatic nitrogens is 2. The SMILES string of the molecule is [CH2-]c1ccc2c(oc3cc(-c4ccccc4)ccc32)c1-c1cc(C(C)(C)C)cc[n+]1[CH2-].[CH2-]c1ccccc1-c1cc(C)[c]([Ge]([CH3])([CH3])[CH3])c[n+]1[CH2-].[Ir]. The van der Waals surface area contributed by atoms with Gasteiger partial charge in [0.1, 0.15) is 5.58 Å². The molecule has 0 N–H and O–H groups in total. The van der Waals surface area contributed by atoms with E-state index in [2.05, 4.69) is 164 Å². The summed E-state index contributed by atoms with van der Waals surface area (Å²) in [6.07, 6.45) is 4.24. The van der Waals surface area contributed by atoms with Gasteiger partial charge in [0.05, 0.1) is 17.5 Å². The van der Waals surface area contributed by atoms with Crippen LogP contribution in [0.2, 0.25) is 17.3 Å². The molecule has 5 heteroatoms. The second-order valence-corrected chi connectivity index (χ2v) is 25.9. The molecular formula is C46H48GeIrN2O-2. The van der Waals surface area contributed by atoms with E-state index in [1.165, 1.54) is 21.1 Å². The standard InChI is InChI=1S/C29H26NO.C17H22GeN.Ir/c1-19-11-13-24-23-14-12-21(20-9-7-6-8-10-20)17-26(23)31-28(24)27(19)25-18-22(29(2,3)4)15-16-30(25)5;1-13-9-7-8-10-15(13)17-11-14(2)16(12-19(17)6)18(3,4)5;/h6-18H,1,5H2,2-4H3;7-12H,1,6H2,2-5H3;/q2*-1;. The fourth-order valence-electron chi connectivity index (χ4n) is 6.66. The van der Waals surface area contributed by atoms with Crippen LogP contribution in [0.5, 0.6) is 0 Å². The van der Waals surface area contributed by atoms with Gasteiger partial charge in [-0.2, -0.15) is 18.6 Å². The van der Waals surface area contributed by atoms with Crippen LogP contribution in [0.1, 0.15) is 43.0 Å².